The molecule has 1 heterocycles. The molecule has 0 N–H and O–H groups in total. The number of methoxy groups -OCH3 is 1. The molecule has 1 fully saturated rings. The van der Waals surface area contributed by atoms with E-state index in [1.165, 1.54) is 12.8 Å². The van der Waals surface area contributed by atoms with E-state index in [4.69, 9.17) is 4.74 Å². The highest BCUT2D eigenvalue weighted by Crippen LogP contribution is 2.44. The van der Waals surface area contributed by atoms with Gasteiger partial charge in [-0.3, -0.25) is 4.99 Å². The summed E-state index contributed by atoms with van der Waals surface area (Å²) in [5.74, 6) is 2.65. The van der Waals surface area contributed by atoms with Gasteiger partial charge < -0.3 is 4.74 Å². The smallest absolute Gasteiger partial charge is 0.186 e. The van der Waals surface area contributed by atoms with Crippen LogP contribution in [0.25, 0.3) is 0 Å². The standard InChI is InChI=1S/C7H11NO/c1-9-7-6-4-5(6)2-3-8-7/h5-6H,2-4H2,1H3. The Morgan fingerprint density at radius 3 is 3.22 bits per heavy atom. The van der Waals surface area contributed by atoms with Crippen molar-refractivity contribution in [2.45, 2.75) is 12.8 Å². The molecular weight excluding hydrogens is 114 g/mol. The topological polar surface area (TPSA) is 21.6 Å². The minimum Gasteiger partial charge on any atom is -0.484 e. The molecule has 9 heavy (non-hydrogen) atoms. The summed E-state index contributed by atoms with van der Waals surface area (Å²) in [5.41, 5.74) is 0. The van der Waals surface area contributed by atoms with Gasteiger partial charge in [-0.05, 0) is 18.8 Å². The van der Waals surface area contributed by atoms with Crippen molar-refractivity contribution >= 4 is 5.90 Å². The van der Waals surface area contributed by atoms with Crippen LogP contribution in [0.4, 0.5) is 0 Å². The first kappa shape index (κ1) is 5.27. The minimum atomic E-state index is 0.712. The van der Waals surface area contributed by atoms with E-state index in [0.717, 1.165) is 18.4 Å². The zero-order chi connectivity index (χ0) is 6.27. The van der Waals surface area contributed by atoms with Crippen LogP contribution in [-0.2, 0) is 4.74 Å². The van der Waals surface area contributed by atoms with Crippen LogP contribution in [0.2, 0.25) is 0 Å². The maximum Gasteiger partial charge on any atom is 0.186 e. The van der Waals surface area contributed by atoms with E-state index in [0.29, 0.717) is 5.92 Å². The van der Waals surface area contributed by atoms with Crippen LogP contribution in [-0.4, -0.2) is 19.6 Å². The molecule has 0 aromatic carbocycles. The number of hydrogen-bond acceptors (Lipinski definition) is 2. The Hall–Kier alpha value is -0.530. The van der Waals surface area contributed by atoms with Gasteiger partial charge in [0, 0.05) is 12.5 Å². The van der Waals surface area contributed by atoms with Crippen molar-refractivity contribution in [3.63, 3.8) is 0 Å². The quantitative estimate of drug-likeness (QED) is 0.474. The molecule has 2 nitrogen and oxygen atoms in total. The van der Waals surface area contributed by atoms with Crippen LogP contribution in [0, 0.1) is 11.8 Å². The van der Waals surface area contributed by atoms with Crippen LogP contribution in [0.1, 0.15) is 12.8 Å². The summed E-state index contributed by atoms with van der Waals surface area (Å²) in [7, 11) is 1.72. The van der Waals surface area contributed by atoms with E-state index < -0.39 is 0 Å². The van der Waals surface area contributed by atoms with Gasteiger partial charge in [0.2, 0.25) is 0 Å². The van der Waals surface area contributed by atoms with Gasteiger partial charge in [-0.15, -0.1) is 0 Å². The third kappa shape index (κ3) is 0.732. The van der Waals surface area contributed by atoms with Crippen molar-refractivity contribution in [1.29, 1.82) is 0 Å². The fourth-order valence-corrected chi connectivity index (χ4v) is 1.54. The average molecular weight is 125 g/mol. The minimum absolute atomic E-state index is 0.712. The molecular formula is C7H11NO. The number of aliphatic imine (C=N–C) groups is 1. The molecule has 2 unspecified atom stereocenters. The molecule has 50 valence electrons. The Morgan fingerprint density at radius 1 is 1.67 bits per heavy atom. The van der Waals surface area contributed by atoms with E-state index in [1.807, 2.05) is 0 Å². The lowest BCUT2D eigenvalue weighted by molar-refractivity contribution is 0.373. The third-order valence-electron chi connectivity index (χ3n) is 2.22. The fourth-order valence-electron chi connectivity index (χ4n) is 1.54. The van der Waals surface area contributed by atoms with Gasteiger partial charge >= 0.3 is 0 Å². The van der Waals surface area contributed by atoms with Gasteiger partial charge in [-0.25, -0.2) is 0 Å². The maximum atomic E-state index is 5.10. The normalized spacial score (nSPS) is 39.0. The Labute approximate surface area is 54.9 Å². The highest BCUT2D eigenvalue weighted by Gasteiger charge is 2.43. The van der Waals surface area contributed by atoms with Gasteiger partial charge in [-0.2, -0.15) is 0 Å². The van der Waals surface area contributed by atoms with Gasteiger partial charge in [0.15, 0.2) is 5.90 Å². The second-order valence-corrected chi connectivity index (χ2v) is 2.82. The highest BCUT2D eigenvalue weighted by molar-refractivity contribution is 5.82. The Balaban J connectivity index is 2.10. The SMILES string of the molecule is COC1=NCCC2CC12. The molecule has 0 radical (unpaired) electrons. The summed E-state index contributed by atoms with van der Waals surface area (Å²) in [4.78, 5) is 4.27. The van der Waals surface area contributed by atoms with Gasteiger partial charge in [0.1, 0.15) is 0 Å². The van der Waals surface area contributed by atoms with E-state index in [1.54, 1.807) is 7.11 Å². The lowest BCUT2D eigenvalue weighted by Crippen LogP contribution is -2.11. The lowest BCUT2D eigenvalue weighted by Gasteiger charge is -2.08. The fraction of sp³-hybridized carbons (Fsp3) is 0.857. The van der Waals surface area contributed by atoms with E-state index in [9.17, 15) is 0 Å². The first-order valence-electron chi connectivity index (χ1n) is 3.50. The Kier molecular flexibility index (Phi) is 1.01. The van der Waals surface area contributed by atoms with E-state index in [2.05, 4.69) is 4.99 Å². The van der Waals surface area contributed by atoms with Crippen molar-refractivity contribution < 1.29 is 4.74 Å². The number of ether oxygens (including phenoxy) is 1. The molecule has 2 atom stereocenters. The maximum absolute atomic E-state index is 5.10. The van der Waals surface area contributed by atoms with Gasteiger partial charge in [0.25, 0.3) is 0 Å². The van der Waals surface area contributed by atoms with Gasteiger partial charge in [-0.1, -0.05) is 0 Å². The van der Waals surface area contributed by atoms with Gasteiger partial charge in [0.05, 0.1) is 7.11 Å². The van der Waals surface area contributed by atoms with Crippen molar-refractivity contribution in [2.75, 3.05) is 13.7 Å². The largest absolute Gasteiger partial charge is 0.484 e. The van der Waals surface area contributed by atoms with Crippen molar-refractivity contribution in [3.05, 3.63) is 0 Å². The summed E-state index contributed by atoms with van der Waals surface area (Å²) in [6.45, 7) is 0.990. The van der Waals surface area contributed by atoms with Crippen LogP contribution in [0.5, 0.6) is 0 Å². The first-order chi connectivity index (χ1) is 4.42. The molecule has 0 aromatic heterocycles. The molecule has 2 heteroatoms. The van der Waals surface area contributed by atoms with E-state index >= 15 is 0 Å². The van der Waals surface area contributed by atoms with Crippen LogP contribution in [0.15, 0.2) is 4.99 Å². The molecule has 0 spiro atoms. The number of fused-ring (bicyclic) bond motifs is 1. The van der Waals surface area contributed by atoms with Crippen LogP contribution < -0.4 is 0 Å². The van der Waals surface area contributed by atoms with Crippen molar-refractivity contribution in [2.24, 2.45) is 16.8 Å². The predicted molar refractivity (Wildman–Crippen MR) is 35.5 cm³/mol. The molecule has 1 saturated carbocycles. The lowest BCUT2D eigenvalue weighted by atomic mass is 10.2. The molecule has 0 bridgehead atoms. The number of nitrogens with zero attached hydrogens (tertiary/aromatic N) is 1. The number of rotatable bonds is 0. The second kappa shape index (κ2) is 1.72. The highest BCUT2D eigenvalue weighted by atomic mass is 16.5. The number of hydrogen-bond donors (Lipinski definition) is 0. The summed E-state index contributed by atoms with van der Waals surface area (Å²) in [6, 6.07) is 0. The summed E-state index contributed by atoms with van der Waals surface area (Å²) < 4.78 is 5.10. The van der Waals surface area contributed by atoms with Crippen molar-refractivity contribution in [1.82, 2.24) is 0 Å². The third-order valence-corrected chi connectivity index (χ3v) is 2.22. The summed E-state index contributed by atoms with van der Waals surface area (Å²) in [5, 5.41) is 0. The Morgan fingerprint density at radius 2 is 2.56 bits per heavy atom. The van der Waals surface area contributed by atoms with Crippen molar-refractivity contribution in [3.8, 4) is 0 Å². The summed E-state index contributed by atoms with van der Waals surface area (Å²) in [6.07, 6.45) is 2.62. The monoisotopic (exact) mass is 125 g/mol. The predicted octanol–water partition coefficient (Wildman–Crippen LogP) is 1.07. The van der Waals surface area contributed by atoms with E-state index in [-0.39, 0.29) is 0 Å². The molecule has 1 aliphatic carbocycles. The molecule has 2 aliphatic rings. The first-order valence-corrected chi connectivity index (χ1v) is 3.50. The molecule has 0 amide bonds. The van der Waals surface area contributed by atoms with Crippen LogP contribution in [0.3, 0.4) is 0 Å². The average Bonchev–Trinajstić information content (AvgIpc) is 2.64. The molecule has 1 aliphatic heterocycles. The zero-order valence-electron chi connectivity index (χ0n) is 5.63. The molecule has 0 aromatic rings. The van der Waals surface area contributed by atoms with Crippen LogP contribution >= 0.6 is 0 Å². The molecule has 0 saturated heterocycles. The second-order valence-electron chi connectivity index (χ2n) is 2.82. The summed E-state index contributed by atoms with van der Waals surface area (Å²) >= 11 is 0. The molecule has 2 rings (SSSR count). The zero-order valence-corrected chi connectivity index (χ0v) is 5.63. The Bertz CT molecular complexity index is 153.